The summed E-state index contributed by atoms with van der Waals surface area (Å²) in [7, 11) is 0. The van der Waals surface area contributed by atoms with E-state index < -0.39 is 24.0 Å². The highest BCUT2D eigenvalue weighted by molar-refractivity contribution is 6.19. The van der Waals surface area contributed by atoms with Gasteiger partial charge in [0.05, 0.1) is 5.70 Å². The minimum Gasteiger partial charge on any atom is -0.308 e. The molecule has 0 bridgehead atoms. The molecule has 18 heavy (non-hydrogen) atoms. The molecule has 0 saturated carbocycles. The smallest absolute Gasteiger partial charge is 0.308 e. The quantitative estimate of drug-likeness (QED) is 0.760. The van der Waals surface area contributed by atoms with Crippen molar-refractivity contribution < 1.29 is 18.8 Å². The summed E-state index contributed by atoms with van der Waals surface area (Å²) in [6.45, 7) is 3.20. The lowest BCUT2D eigenvalue weighted by atomic mass is 10.1. The standard InChI is InChI=1S/C12H9FN2O3/c1-7-9(13)11(17)15(12(18)14-7)10(16)8-5-3-2-4-6-8/h2-6,9H,1H2,(H,14,18). The number of rotatable bonds is 1. The highest BCUT2D eigenvalue weighted by Gasteiger charge is 2.41. The third kappa shape index (κ3) is 1.88. The molecule has 1 N–H and O–H groups in total. The van der Waals surface area contributed by atoms with Gasteiger partial charge in [0, 0.05) is 5.56 Å². The normalized spacial score (nSPS) is 19.7. The van der Waals surface area contributed by atoms with Crippen molar-refractivity contribution in [2.45, 2.75) is 6.17 Å². The van der Waals surface area contributed by atoms with E-state index in [9.17, 15) is 18.8 Å². The lowest BCUT2D eigenvalue weighted by molar-refractivity contribution is -0.131. The van der Waals surface area contributed by atoms with E-state index in [1.54, 1.807) is 18.2 Å². The van der Waals surface area contributed by atoms with E-state index in [-0.39, 0.29) is 16.2 Å². The first-order valence-electron chi connectivity index (χ1n) is 5.09. The Morgan fingerprint density at radius 3 is 2.50 bits per heavy atom. The first-order valence-corrected chi connectivity index (χ1v) is 5.09. The molecular weight excluding hydrogens is 239 g/mol. The molecule has 92 valence electrons. The molecule has 0 aromatic heterocycles. The second-order valence-electron chi connectivity index (χ2n) is 3.66. The maximum Gasteiger partial charge on any atom is 0.335 e. The van der Waals surface area contributed by atoms with Crippen LogP contribution in [0.25, 0.3) is 0 Å². The summed E-state index contributed by atoms with van der Waals surface area (Å²) < 4.78 is 13.4. The van der Waals surface area contributed by atoms with Crippen LogP contribution in [-0.4, -0.2) is 28.9 Å². The van der Waals surface area contributed by atoms with E-state index in [0.717, 1.165) is 0 Å². The molecule has 0 aliphatic carbocycles. The lowest BCUT2D eigenvalue weighted by Gasteiger charge is -2.27. The maximum absolute atomic E-state index is 13.4. The molecule has 6 heteroatoms. The molecular formula is C12H9FN2O3. The predicted molar refractivity (Wildman–Crippen MR) is 60.2 cm³/mol. The van der Waals surface area contributed by atoms with Crippen molar-refractivity contribution in [3.63, 3.8) is 0 Å². The summed E-state index contributed by atoms with van der Waals surface area (Å²) in [4.78, 5) is 35.3. The molecule has 2 rings (SSSR count). The molecule has 5 nitrogen and oxygen atoms in total. The fraction of sp³-hybridized carbons (Fsp3) is 0.0833. The summed E-state index contributed by atoms with van der Waals surface area (Å²) in [5.41, 5.74) is -0.233. The van der Waals surface area contributed by atoms with Crippen molar-refractivity contribution >= 4 is 17.8 Å². The number of amides is 4. The largest absolute Gasteiger partial charge is 0.335 e. The Morgan fingerprint density at radius 1 is 1.28 bits per heavy atom. The second kappa shape index (κ2) is 4.40. The zero-order valence-electron chi connectivity index (χ0n) is 9.22. The Hall–Kier alpha value is -2.50. The number of hydrogen-bond acceptors (Lipinski definition) is 3. The number of imide groups is 3. The highest BCUT2D eigenvalue weighted by Crippen LogP contribution is 2.16. The van der Waals surface area contributed by atoms with Gasteiger partial charge in [-0.25, -0.2) is 9.18 Å². The summed E-state index contributed by atoms with van der Waals surface area (Å²) in [6.07, 6.45) is -2.10. The van der Waals surface area contributed by atoms with Crippen molar-refractivity contribution in [2.75, 3.05) is 0 Å². The van der Waals surface area contributed by atoms with Crippen LogP contribution < -0.4 is 5.32 Å². The van der Waals surface area contributed by atoms with Gasteiger partial charge in [0.1, 0.15) is 0 Å². The van der Waals surface area contributed by atoms with E-state index in [1.807, 2.05) is 5.32 Å². The zero-order valence-corrected chi connectivity index (χ0v) is 9.22. The van der Waals surface area contributed by atoms with Crippen LogP contribution in [0.2, 0.25) is 0 Å². The lowest BCUT2D eigenvalue weighted by Crippen LogP contribution is -2.56. The van der Waals surface area contributed by atoms with Gasteiger partial charge in [-0.05, 0) is 12.1 Å². The van der Waals surface area contributed by atoms with Gasteiger partial charge in [0.15, 0.2) is 0 Å². The Bertz CT molecular complexity index is 542. The zero-order chi connectivity index (χ0) is 13.3. The van der Waals surface area contributed by atoms with Gasteiger partial charge in [-0.2, -0.15) is 4.90 Å². The van der Waals surface area contributed by atoms with Gasteiger partial charge in [-0.1, -0.05) is 24.8 Å². The second-order valence-corrected chi connectivity index (χ2v) is 3.66. The Balaban J connectivity index is 2.33. The Labute approximate surface area is 102 Å². The van der Waals surface area contributed by atoms with Crippen LogP contribution in [0.1, 0.15) is 10.4 Å². The van der Waals surface area contributed by atoms with Crippen LogP contribution in [0.3, 0.4) is 0 Å². The monoisotopic (exact) mass is 248 g/mol. The van der Waals surface area contributed by atoms with E-state index in [1.165, 1.54) is 12.1 Å². The van der Waals surface area contributed by atoms with Crippen molar-refractivity contribution in [3.05, 3.63) is 48.2 Å². The number of nitrogens with one attached hydrogen (secondary N) is 1. The third-order valence-corrected chi connectivity index (χ3v) is 2.44. The minimum absolute atomic E-state index is 0.126. The molecule has 1 aliphatic heterocycles. The Kier molecular flexibility index (Phi) is 2.93. The van der Waals surface area contributed by atoms with Gasteiger partial charge >= 0.3 is 6.03 Å². The van der Waals surface area contributed by atoms with E-state index >= 15 is 0 Å². The maximum atomic E-state index is 13.4. The molecule has 4 amide bonds. The number of urea groups is 1. The van der Waals surface area contributed by atoms with E-state index in [4.69, 9.17) is 0 Å². The highest BCUT2D eigenvalue weighted by atomic mass is 19.1. The number of benzene rings is 1. The number of hydrogen-bond donors (Lipinski definition) is 1. The number of carbonyl (C=O) groups excluding carboxylic acids is 3. The van der Waals surface area contributed by atoms with Crippen molar-refractivity contribution in [2.24, 2.45) is 0 Å². The molecule has 1 aromatic carbocycles. The number of nitrogens with zero attached hydrogens (tertiary/aromatic N) is 1. The van der Waals surface area contributed by atoms with Gasteiger partial charge < -0.3 is 5.32 Å². The summed E-state index contributed by atoms with van der Waals surface area (Å²) in [5, 5.41) is 2.04. The minimum atomic E-state index is -2.10. The summed E-state index contributed by atoms with van der Waals surface area (Å²) in [5.74, 6) is -2.09. The van der Waals surface area contributed by atoms with E-state index in [2.05, 4.69) is 6.58 Å². The average molecular weight is 248 g/mol. The fourth-order valence-corrected chi connectivity index (χ4v) is 1.52. The number of halogens is 1. The summed E-state index contributed by atoms with van der Waals surface area (Å²) >= 11 is 0. The molecule has 1 unspecified atom stereocenters. The Morgan fingerprint density at radius 2 is 1.89 bits per heavy atom. The van der Waals surface area contributed by atoms with Gasteiger partial charge in [-0.15, -0.1) is 0 Å². The van der Waals surface area contributed by atoms with Crippen molar-refractivity contribution in [1.29, 1.82) is 0 Å². The van der Waals surface area contributed by atoms with Crippen LogP contribution >= 0.6 is 0 Å². The number of alkyl halides is 1. The molecule has 1 aromatic rings. The molecule has 1 atom stereocenters. The topological polar surface area (TPSA) is 66.5 Å². The van der Waals surface area contributed by atoms with Gasteiger partial charge in [-0.3, -0.25) is 9.59 Å². The average Bonchev–Trinajstić information content (AvgIpc) is 2.37. The van der Waals surface area contributed by atoms with Crippen LogP contribution in [0.4, 0.5) is 9.18 Å². The van der Waals surface area contributed by atoms with Crippen LogP contribution in [0.15, 0.2) is 42.6 Å². The van der Waals surface area contributed by atoms with Crippen LogP contribution in [0.5, 0.6) is 0 Å². The molecule has 1 heterocycles. The van der Waals surface area contributed by atoms with Crippen LogP contribution in [-0.2, 0) is 4.79 Å². The molecule has 1 aliphatic rings. The fourth-order valence-electron chi connectivity index (χ4n) is 1.52. The van der Waals surface area contributed by atoms with Crippen molar-refractivity contribution in [1.82, 2.24) is 10.2 Å². The molecule has 0 spiro atoms. The predicted octanol–water partition coefficient (Wildman–Crippen LogP) is 1.23. The molecule has 1 saturated heterocycles. The number of carbonyl (C=O) groups is 3. The first kappa shape index (κ1) is 12.0. The van der Waals surface area contributed by atoms with E-state index in [0.29, 0.717) is 0 Å². The molecule has 0 radical (unpaired) electrons. The van der Waals surface area contributed by atoms with Crippen molar-refractivity contribution in [3.8, 4) is 0 Å². The summed E-state index contributed by atoms with van der Waals surface area (Å²) in [6, 6.07) is 6.69. The van der Waals surface area contributed by atoms with Gasteiger partial charge in [0.2, 0.25) is 6.17 Å². The first-order chi connectivity index (χ1) is 8.52. The van der Waals surface area contributed by atoms with Crippen LogP contribution in [0, 0.1) is 0 Å². The SMILES string of the molecule is C=C1NC(=O)N(C(=O)c2ccccc2)C(=O)C1F. The van der Waals surface area contributed by atoms with Gasteiger partial charge in [0.25, 0.3) is 11.8 Å². The molecule has 1 fully saturated rings. The third-order valence-electron chi connectivity index (χ3n) is 2.44.